The van der Waals surface area contributed by atoms with E-state index in [4.69, 9.17) is 4.74 Å². The number of amides is 2. The van der Waals surface area contributed by atoms with Crippen LogP contribution in [0.5, 0.6) is 5.75 Å². The molecule has 0 heterocycles. The van der Waals surface area contributed by atoms with Crippen molar-refractivity contribution < 1.29 is 22.7 Å². The molecule has 0 radical (unpaired) electrons. The molecular formula is C28H41N3O5S. The maximum atomic E-state index is 13.4. The molecule has 0 aromatic heterocycles. The van der Waals surface area contributed by atoms with Crippen molar-refractivity contribution in [2.75, 3.05) is 30.8 Å². The predicted octanol–water partition coefficient (Wildman–Crippen LogP) is 4.19. The lowest BCUT2D eigenvalue weighted by Gasteiger charge is -2.30. The first-order chi connectivity index (χ1) is 17.5. The number of nitrogens with one attached hydrogen (secondary N) is 1. The van der Waals surface area contributed by atoms with E-state index in [9.17, 15) is 18.0 Å². The van der Waals surface area contributed by atoms with Crippen molar-refractivity contribution in [2.24, 2.45) is 0 Å². The quantitative estimate of drug-likeness (QED) is 0.369. The second-order valence-corrected chi connectivity index (χ2v) is 11.3. The van der Waals surface area contributed by atoms with Gasteiger partial charge in [0.15, 0.2) is 0 Å². The van der Waals surface area contributed by atoms with Gasteiger partial charge in [-0.2, -0.15) is 0 Å². The van der Waals surface area contributed by atoms with Crippen molar-refractivity contribution in [1.29, 1.82) is 0 Å². The zero-order valence-corrected chi connectivity index (χ0v) is 23.7. The first-order valence-corrected chi connectivity index (χ1v) is 14.6. The number of rotatable bonds is 14. The molecule has 1 N–H and O–H groups in total. The van der Waals surface area contributed by atoms with E-state index < -0.39 is 16.1 Å². The van der Waals surface area contributed by atoms with E-state index in [1.807, 2.05) is 63.2 Å². The average molecular weight is 532 g/mol. The molecule has 9 heteroatoms. The number of hydrogen-bond donors (Lipinski definition) is 1. The van der Waals surface area contributed by atoms with Crippen LogP contribution in [0.3, 0.4) is 0 Å². The summed E-state index contributed by atoms with van der Waals surface area (Å²) in [4.78, 5) is 27.8. The monoisotopic (exact) mass is 531 g/mol. The Morgan fingerprint density at radius 3 is 2.46 bits per heavy atom. The molecule has 0 spiro atoms. The number of anilines is 1. The summed E-state index contributed by atoms with van der Waals surface area (Å²) in [7, 11) is -1.97. The minimum atomic E-state index is -3.54. The second kappa shape index (κ2) is 14.0. The van der Waals surface area contributed by atoms with Gasteiger partial charge in [0.05, 0.1) is 19.1 Å². The number of carbonyl (C=O) groups is 2. The van der Waals surface area contributed by atoms with Crippen molar-refractivity contribution in [3.05, 3.63) is 59.2 Å². The highest BCUT2D eigenvalue weighted by Crippen LogP contribution is 2.25. The number of benzene rings is 2. The van der Waals surface area contributed by atoms with Crippen LogP contribution in [0, 0.1) is 13.8 Å². The highest BCUT2D eigenvalue weighted by Gasteiger charge is 2.27. The van der Waals surface area contributed by atoms with Gasteiger partial charge in [0.1, 0.15) is 11.8 Å². The van der Waals surface area contributed by atoms with E-state index in [2.05, 4.69) is 5.32 Å². The van der Waals surface area contributed by atoms with Gasteiger partial charge in [0.25, 0.3) is 0 Å². The van der Waals surface area contributed by atoms with Gasteiger partial charge >= 0.3 is 0 Å². The van der Waals surface area contributed by atoms with Crippen LogP contribution >= 0.6 is 0 Å². The molecule has 204 valence electrons. The summed E-state index contributed by atoms with van der Waals surface area (Å²) in [5.74, 6) is 0.246. The SMILES string of the molecule is CCCCNC(=O)C(C)N(Cc1cccc(OC)c1)C(=O)CCCN(c1cc(C)ccc1C)S(C)(=O)=O. The molecule has 0 aliphatic heterocycles. The van der Waals surface area contributed by atoms with Gasteiger partial charge in [0.2, 0.25) is 21.8 Å². The predicted molar refractivity (Wildman–Crippen MR) is 148 cm³/mol. The first kappa shape index (κ1) is 30.2. The van der Waals surface area contributed by atoms with E-state index in [-0.39, 0.29) is 31.3 Å². The van der Waals surface area contributed by atoms with Crippen LogP contribution in [0.15, 0.2) is 42.5 Å². The van der Waals surface area contributed by atoms with E-state index in [0.717, 1.165) is 29.5 Å². The number of methoxy groups -OCH3 is 1. The second-order valence-electron chi connectivity index (χ2n) is 9.42. The minimum absolute atomic E-state index is 0.105. The molecule has 0 bridgehead atoms. The normalized spacial score (nSPS) is 12.1. The van der Waals surface area contributed by atoms with Crippen LogP contribution in [0.2, 0.25) is 0 Å². The third kappa shape index (κ3) is 9.07. The van der Waals surface area contributed by atoms with Gasteiger partial charge < -0.3 is 15.0 Å². The number of nitrogens with zero attached hydrogens (tertiary/aromatic N) is 2. The van der Waals surface area contributed by atoms with E-state index in [1.165, 1.54) is 10.6 Å². The van der Waals surface area contributed by atoms with Crippen molar-refractivity contribution in [3.63, 3.8) is 0 Å². The Bertz CT molecular complexity index is 1170. The van der Waals surface area contributed by atoms with Crippen molar-refractivity contribution >= 4 is 27.5 Å². The number of sulfonamides is 1. The van der Waals surface area contributed by atoms with Gasteiger partial charge in [-0.15, -0.1) is 0 Å². The lowest BCUT2D eigenvalue weighted by Crippen LogP contribution is -2.48. The molecule has 0 aliphatic carbocycles. The standard InChI is InChI=1S/C28H41N3O5S/c1-7-8-16-29-28(33)23(4)30(20-24-11-9-12-25(19-24)36-5)27(32)13-10-17-31(37(6,34)35)26-18-21(2)14-15-22(26)3/h9,11-12,14-15,18-19,23H,7-8,10,13,16-17,20H2,1-6H3,(H,29,33). The highest BCUT2D eigenvalue weighted by molar-refractivity contribution is 7.92. The van der Waals surface area contributed by atoms with Crippen LogP contribution in [0.1, 0.15) is 56.2 Å². The summed E-state index contributed by atoms with van der Waals surface area (Å²) < 4.78 is 31.9. The summed E-state index contributed by atoms with van der Waals surface area (Å²) in [6.45, 7) is 8.51. The maximum Gasteiger partial charge on any atom is 0.242 e. The fraction of sp³-hybridized carbons (Fsp3) is 0.500. The summed E-state index contributed by atoms with van der Waals surface area (Å²) in [6.07, 6.45) is 3.42. The molecule has 0 saturated heterocycles. The van der Waals surface area contributed by atoms with Crippen LogP contribution < -0.4 is 14.4 Å². The lowest BCUT2D eigenvalue weighted by molar-refractivity contribution is -0.140. The Morgan fingerprint density at radius 2 is 1.81 bits per heavy atom. The highest BCUT2D eigenvalue weighted by atomic mass is 32.2. The molecule has 1 unspecified atom stereocenters. The van der Waals surface area contributed by atoms with Gasteiger partial charge in [-0.3, -0.25) is 13.9 Å². The first-order valence-electron chi connectivity index (χ1n) is 12.7. The molecule has 2 rings (SSSR count). The van der Waals surface area contributed by atoms with Crippen molar-refractivity contribution in [3.8, 4) is 5.75 Å². The fourth-order valence-electron chi connectivity index (χ4n) is 4.06. The molecule has 8 nitrogen and oxygen atoms in total. The Hall–Kier alpha value is -3.07. The summed E-state index contributed by atoms with van der Waals surface area (Å²) in [5, 5.41) is 2.91. The summed E-state index contributed by atoms with van der Waals surface area (Å²) in [5.41, 5.74) is 3.26. The molecule has 37 heavy (non-hydrogen) atoms. The minimum Gasteiger partial charge on any atom is -0.497 e. The summed E-state index contributed by atoms with van der Waals surface area (Å²) in [6, 6.07) is 12.4. The number of unbranched alkanes of at least 4 members (excludes halogenated alkanes) is 1. The Labute approximate surface area is 222 Å². The smallest absolute Gasteiger partial charge is 0.242 e. The Kier molecular flexibility index (Phi) is 11.4. The number of aryl methyl sites for hydroxylation is 2. The number of ether oxygens (including phenoxy) is 1. The van der Waals surface area contributed by atoms with E-state index >= 15 is 0 Å². The maximum absolute atomic E-state index is 13.4. The van der Waals surface area contributed by atoms with Gasteiger partial charge in [-0.05, 0) is 68.5 Å². The van der Waals surface area contributed by atoms with Crippen LogP contribution in [0.25, 0.3) is 0 Å². The van der Waals surface area contributed by atoms with E-state index in [0.29, 0.717) is 24.4 Å². The fourth-order valence-corrected chi connectivity index (χ4v) is 5.07. The average Bonchev–Trinajstić information content (AvgIpc) is 2.85. The van der Waals surface area contributed by atoms with Gasteiger partial charge in [-0.25, -0.2) is 8.42 Å². The molecule has 1 atom stereocenters. The molecule has 0 fully saturated rings. The number of carbonyl (C=O) groups excluding carboxylic acids is 2. The van der Waals surface area contributed by atoms with Crippen molar-refractivity contribution in [1.82, 2.24) is 10.2 Å². The van der Waals surface area contributed by atoms with Crippen LogP contribution in [0.4, 0.5) is 5.69 Å². The zero-order chi connectivity index (χ0) is 27.6. The molecule has 0 saturated carbocycles. The van der Waals surface area contributed by atoms with Crippen LogP contribution in [-0.4, -0.2) is 57.6 Å². The summed E-state index contributed by atoms with van der Waals surface area (Å²) >= 11 is 0. The molecule has 2 aromatic carbocycles. The molecule has 2 amide bonds. The zero-order valence-electron chi connectivity index (χ0n) is 22.9. The Balaban J connectivity index is 2.20. The number of hydrogen-bond acceptors (Lipinski definition) is 5. The van der Waals surface area contributed by atoms with Gasteiger partial charge in [0, 0.05) is 26.1 Å². The molecular weight excluding hydrogens is 490 g/mol. The van der Waals surface area contributed by atoms with Gasteiger partial charge in [-0.1, -0.05) is 37.6 Å². The van der Waals surface area contributed by atoms with E-state index in [1.54, 1.807) is 18.9 Å². The lowest BCUT2D eigenvalue weighted by atomic mass is 10.1. The third-order valence-corrected chi connectivity index (χ3v) is 7.45. The molecule has 2 aromatic rings. The largest absolute Gasteiger partial charge is 0.497 e. The topological polar surface area (TPSA) is 96.0 Å². The Morgan fingerprint density at radius 1 is 1.08 bits per heavy atom. The van der Waals surface area contributed by atoms with Crippen molar-refractivity contribution in [2.45, 2.75) is 66.0 Å². The molecule has 0 aliphatic rings. The van der Waals surface area contributed by atoms with Crippen LogP contribution in [-0.2, 0) is 26.2 Å². The third-order valence-electron chi connectivity index (χ3n) is 6.27.